The summed E-state index contributed by atoms with van der Waals surface area (Å²) in [5, 5.41) is 12.3. The number of benzene rings is 2. The lowest BCUT2D eigenvalue weighted by Crippen LogP contribution is -2.11. The fourth-order valence-electron chi connectivity index (χ4n) is 4.49. The Kier molecular flexibility index (Phi) is 5.97. The van der Waals surface area contributed by atoms with E-state index in [2.05, 4.69) is 6.07 Å². The molecule has 2 heterocycles. The van der Waals surface area contributed by atoms with Crippen molar-refractivity contribution in [2.45, 2.75) is 43.4 Å². The summed E-state index contributed by atoms with van der Waals surface area (Å²) in [6.45, 7) is 1.97. The number of halogens is 1. The molecule has 0 saturated heterocycles. The molecular weight excluding hydrogens is 452 g/mol. The molecule has 33 heavy (non-hydrogen) atoms. The summed E-state index contributed by atoms with van der Waals surface area (Å²) < 4.78 is 5.40. The summed E-state index contributed by atoms with van der Waals surface area (Å²) in [6, 6.07) is 17.5. The summed E-state index contributed by atoms with van der Waals surface area (Å²) in [7, 11) is 0. The monoisotopic (exact) mass is 472 g/mol. The first-order chi connectivity index (χ1) is 16.0. The highest BCUT2D eigenvalue weighted by atomic mass is 35.5. The highest BCUT2D eigenvalue weighted by Crippen LogP contribution is 2.39. The minimum Gasteiger partial charge on any atom is -0.423 e. The van der Waals surface area contributed by atoms with Crippen molar-refractivity contribution < 1.29 is 4.42 Å². The number of aromatic nitrogens is 1. The summed E-state index contributed by atoms with van der Waals surface area (Å²) in [5.41, 5.74) is 6.73. The van der Waals surface area contributed by atoms with Gasteiger partial charge in [0.25, 0.3) is 0 Å². The molecule has 0 spiro atoms. The number of nitriles is 1. The predicted octanol–water partition coefficient (Wildman–Crippen LogP) is 6.86. The number of hydrogen-bond acceptors (Lipinski definition) is 5. The van der Waals surface area contributed by atoms with Crippen LogP contribution in [0.3, 0.4) is 0 Å². The van der Waals surface area contributed by atoms with Gasteiger partial charge in [0, 0.05) is 27.8 Å². The third-order valence-corrected chi connectivity index (χ3v) is 7.43. The van der Waals surface area contributed by atoms with E-state index in [-0.39, 0.29) is 5.63 Å². The first kappa shape index (κ1) is 21.8. The molecule has 0 atom stereocenters. The molecule has 5 rings (SSSR count). The molecule has 2 aromatic heterocycles. The number of rotatable bonds is 4. The Hall–Kier alpha value is -3.07. The minimum absolute atomic E-state index is 0.376. The Morgan fingerprint density at radius 3 is 2.70 bits per heavy atom. The molecule has 0 N–H and O–H groups in total. The zero-order valence-corrected chi connectivity index (χ0v) is 19.7. The van der Waals surface area contributed by atoms with Gasteiger partial charge in [0.15, 0.2) is 0 Å². The lowest BCUT2D eigenvalue weighted by Gasteiger charge is -2.22. The van der Waals surface area contributed by atoms with Crippen LogP contribution in [0, 0.1) is 18.3 Å². The van der Waals surface area contributed by atoms with E-state index >= 15 is 0 Å². The van der Waals surface area contributed by atoms with Crippen LogP contribution in [0.5, 0.6) is 0 Å². The van der Waals surface area contributed by atoms with Gasteiger partial charge in [0.2, 0.25) is 0 Å². The zero-order chi connectivity index (χ0) is 22.9. The fraction of sp³-hybridized carbons (Fsp3) is 0.222. The summed E-state index contributed by atoms with van der Waals surface area (Å²) >= 11 is 8.02. The second-order valence-corrected chi connectivity index (χ2v) is 9.65. The second-order valence-electron chi connectivity index (χ2n) is 8.28. The number of hydrogen-bond donors (Lipinski definition) is 0. The van der Waals surface area contributed by atoms with Crippen molar-refractivity contribution in [2.24, 2.45) is 0 Å². The first-order valence-electron chi connectivity index (χ1n) is 10.9. The van der Waals surface area contributed by atoms with Crippen LogP contribution in [-0.2, 0) is 18.6 Å². The maximum absolute atomic E-state index is 12.2. The highest BCUT2D eigenvalue weighted by molar-refractivity contribution is 7.98. The second kappa shape index (κ2) is 9.05. The molecule has 0 bridgehead atoms. The summed E-state index contributed by atoms with van der Waals surface area (Å²) in [6.07, 6.45) is 3.89. The molecule has 0 aliphatic heterocycles. The van der Waals surface area contributed by atoms with Crippen LogP contribution in [-0.4, -0.2) is 4.98 Å². The van der Waals surface area contributed by atoms with Gasteiger partial charge in [-0.05, 0) is 67.0 Å². The van der Waals surface area contributed by atoms with Crippen molar-refractivity contribution in [3.63, 3.8) is 0 Å². The molecule has 0 fully saturated rings. The van der Waals surface area contributed by atoms with Crippen molar-refractivity contribution in [3.05, 3.63) is 91.8 Å². The Morgan fingerprint density at radius 2 is 1.91 bits per heavy atom. The fourth-order valence-corrected chi connectivity index (χ4v) is 5.72. The quantitative estimate of drug-likeness (QED) is 0.240. The smallest absolute Gasteiger partial charge is 0.336 e. The van der Waals surface area contributed by atoms with Gasteiger partial charge in [-0.1, -0.05) is 41.9 Å². The van der Waals surface area contributed by atoms with Crippen molar-refractivity contribution >= 4 is 34.3 Å². The molecule has 4 aromatic rings. The molecule has 1 aliphatic rings. The van der Waals surface area contributed by atoms with Crippen molar-refractivity contribution in [1.29, 1.82) is 5.26 Å². The minimum atomic E-state index is -0.376. The van der Waals surface area contributed by atoms with E-state index in [1.165, 1.54) is 17.8 Å². The van der Waals surface area contributed by atoms with Crippen LogP contribution in [0.25, 0.3) is 22.2 Å². The Bertz CT molecular complexity index is 1490. The van der Waals surface area contributed by atoms with Crippen LogP contribution in [0.4, 0.5) is 0 Å². The lowest BCUT2D eigenvalue weighted by molar-refractivity contribution is 0.559. The molecular formula is C27H21ClN2O2S. The largest absolute Gasteiger partial charge is 0.423 e. The average Bonchev–Trinajstić information content (AvgIpc) is 2.81. The van der Waals surface area contributed by atoms with E-state index in [9.17, 15) is 10.1 Å². The number of pyridine rings is 1. The third-order valence-electron chi connectivity index (χ3n) is 6.07. The van der Waals surface area contributed by atoms with Gasteiger partial charge in [-0.25, -0.2) is 9.78 Å². The zero-order valence-electron chi connectivity index (χ0n) is 18.2. The Morgan fingerprint density at radius 1 is 1.12 bits per heavy atom. The Balaban J connectivity index is 1.61. The van der Waals surface area contributed by atoms with Gasteiger partial charge in [0.05, 0.1) is 11.3 Å². The number of fused-ring (bicyclic) bond motifs is 2. The molecule has 1 aliphatic carbocycles. The van der Waals surface area contributed by atoms with Gasteiger partial charge < -0.3 is 4.42 Å². The topological polar surface area (TPSA) is 66.9 Å². The molecule has 4 nitrogen and oxygen atoms in total. The van der Waals surface area contributed by atoms with Gasteiger partial charge in [-0.15, -0.1) is 11.8 Å². The van der Waals surface area contributed by atoms with E-state index in [4.69, 9.17) is 21.0 Å². The molecule has 6 heteroatoms. The average molecular weight is 473 g/mol. The van der Waals surface area contributed by atoms with Crippen LogP contribution in [0.2, 0.25) is 5.02 Å². The van der Waals surface area contributed by atoms with Gasteiger partial charge in [-0.3, -0.25) is 0 Å². The van der Waals surface area contributed by atoms with Crippen molar-refractivity contribution in [3.8, 4) is 17.3 Å². The van der Waals surface area contributed by atoms with Crippen LogP contribution in [0.1, 0.15) is 40.7 Å². The predicted molar refractivity (Wildman–Crippen MR) is 133 cm³/mol. The van der Waals surface area contributed by atoms with Crippen LogP contribution >= 0.6 is 23.4 Å². The molecule has 0 unspecified atom stereocenters. The van der Waals surface area contributed by atoms with Crippen LogP contribution < -0.4 is 5.63 Å². The van der Waals surface area contributed by atoms with Gasteiger partial charge in [0.1, 0.15) is 16.7 Å². The maximum atomic E-state index is 12.2. The van der Waals surface area contributed by atoms with E-state index in [1.807, 2.05) is 49.4 Å². The SMILES string of the molecule is Cc1ccc2c(CSc3nc(-c4ccccc4Cl)c4c(c3C#N)CCCC4)cc(=O)oc2c1. The van der Waals surface area contributed by atoms with Gasteiger partial charge >= 0.3 is 5.63 Å². The van der Waals surface area contributed by atoms with E-state index in [1.54, 1.807) is 0 Å². The normalized spacial score (nSPS) is 13.0. The molecule has 0 saturated carbocycles. The summed E-state index contributed by atoms with van der Waals surface area (Å²) in [4.78, 5) is 17.1. The van der Waals surface area contributed by atoms with E-state index in [0.717, 1.165) is 64.6 Å². The number of nitrogens with zero attached hydrogens (tertiary/aromatic N) is 2. The summed E-state index contributed by atoms with van der Waals surface area (Å²) in [5.74, 6) is 0.508. The number of thioether (sulfide) groups is 1. The standard InChI is InChI=1S/C27H21ClN2O2S/c1-16-10-11-18-17(13-25(31)32-24(18)12-16)15-33-27-22(14-29)19-6-2-3-7-20(19)26(30-27)21-8-4-5-9-23(21)28/h4-5,8-13H,2-3,6-7,15H2,1H3. The highest BCUT2D eigenvalue weighted by Gasteiger charge is 2.24. The van der Waals surface area contributed by atoms with E-state index < -0.39 is 0 Å². The molecule has 164 valence electrons. The van der Waals surface area contributed by atoms with Crippen molar-refractivity contribution in [2.75, 3.05) is 0 Å². The molecule has 2 aromatic carbocycles. The lowest BCUT2D eigenvalue weighted by atomic mass is 9.86. The van der Waals surface area contributed by atoms with E-state index in [0.29, 0.717) is 26.9 Å². The third kappa shape index (κ3) is 4.17. The van der Waals surface area contributed by atoms with Crippen molar-refractivity contribution in [1.82, 2.24) is 4.98 Å². The molecule has 0 radical (unpaired) electrons. The number of aryl methyl sites for hydroxylation is 1. The molecule has 0 amide bonds. The maximum Gasteiger partial charge on any atom is 0.336 e. The first-order valence-corrected chi connectivity index (χ1v) is 12.3. The van der Waals surface area contributed by atoms with Crippen LogP contribution in [0.15, 0.2) is 62.8 Å². The Labute approximate surface area is 201 Å². The van der Waals surface area contributed by atoms with Gasteiger partial charge in [-0.2, -0.15) is 5.26 Å².